The molecule has 0 saturated heterocycles. The van der Waals surface area contributed by atoms with Crippen molar-refractivity contribution in [3.63, 3.8) is 0 Å². The van der Waals surface area contributed by atoms with Crippen molar-refractivity contribution in [2.24, 2.45) is 11.5 Å². The first kappa shape index (κ1) is 19.0. The van der Waals surface area contributed by atoms with E-state index in [0.29, 0.717) is 5.69 Å². The second kappa shape index (κ2) is 7.96. The van der Waals surface area contributed by atoms with Crippen molar-refractivity contribution in [1.29, 1.82) is 0 Å². The molecule has 0 aliphatic heterocycles. The lowest BCUT2D eigenvalue weighted by atomic mass is 9.91. The van der Waals surface area contributed by atoms with Gasteiger partial charge in [-0.25, -0.2) is 19.3 Å². The number of pyridine rings is 1. The van der Waals surface area contributed by atoms with E-state index in [-0.39, 0.29) is 29.3 Å². The maximum atomic E-state index is 14.6. The quantitative estimate of drug-likeness (QED) is 0.522. The van der Waals surface area contributed by atoms with E-state index in [2.05, 4.69) is 25.6 Å². The number of amides is 1. The summed E-state index contributed by atoms with van der Waals surface area (Å²) in [4.78, 5) is 24.3. The maximum Gasteiger partial charge on any atom is 0.252 e. The number of fused-ring (bicyclic) bond motifs is 1. The molecular formula is C20H22FN7O. The fourth-order valence-electron chi connectivity index (χ4n) is 3.59. The molecule has 1 aliphatic rings. The molecule has 1 aliphatic carbocycles. The van der Waals surface area contributed by atoms with Crippen LogP contribution in [-0.2, 0) is 0 Å². The minimum atomic E-state index is -0.774. The first-order valence-electron chi connectivity index (χ1n) is 9.50. The van der Waals surface area contributed by atoms with Gasteiger partial charge >= 0.3 is 0 Å². The van der Waals surface area contributed by atoms with E-state index in [1.807, 2.05) is 12.1 Å². The molecule has 2 heterocycles. The number of halogens is 1. The molecule has 3 aromatic rings. The van der Waals surface area contributed by atoms with Crippen molar-refractivity contribution in [2.45, 2.75) is 37.8 Å². The summed E-state index contributed by atoms with van der Waals surface area (Å²) in [5, 5.41) is 6.97. The third-order valence-electron chi connectivity index (χ3n) is 5.15. The predicted molar refractivity (Wildman–Crippen MR) is 109 cm³/mol. The van der Waals surface area contributed by atoms with Gasteiger partial charge in [-0.3, -0.25) is 4.79 Å². The Bertz CT molecular complexity index is 1060. The van der Waals surface area contributed by atoms with Crippen LogP contribution >= 0.6 is 0 Å². The van der Waals surface area contributed by atoms with Crippen molar-refractivity contribution in [3.05, 3.63) is 48.2 Å². The van der Waals surface area contributed by atoms with Gasteiger partial charge in [0.2, 0.25) is 0 Å². The van der Waals surface area contributed by atoms with Crippen LogP contribution in [0.2, 0.25) is 0 Å². The molecule has 8 nitrogen and oxygen atoms in total. The fraction of sp³-hybridized carbons (Fsp3) is 0.300. The van der Waals surface area contributed by atoms with Gasteiger partial charge in [0.05, 0.1) is 11.1 Å². The second-order valence-electron chi connectivity index (χ2n) is 7.20. The topological polar surface area (TPSA) is 132 Å². The van der Waals surface area contributed by atoms with Crippen LogP contribution in [0.25, 0.3) is 10.9 Å². The van der Waals surface area contributed by atoms with Gasteiger partial charge in [0, 0.05) is 29.4 Å². The number of aromatic nitrogens is 3. The third-order valence-corrected chi connectivity index (χ3v) is 5.15. The molecule has 0 bridgehead atoms. The Labute approximate surface area is 166 Å². The number of nitrogens with zero attached hydrogens (tertiary/aromatic N) is 3. The Kier molecular flexibility index (Phi) is 5.22. The van der Waals surface area contributed by atoms with Gasteiger partial charge < -0.3 is 22.1 Å². The van der Waals surface area contributed by atoms with Gasteiger partial charge in [0.25, 0.3) is 5.91 Å². The Morgan fingerprint density at radius 2 is 2.00 bits per heavy atom. The van der Waals surface area contributed by atoms with E-state index >= 15 is 0 Å². The summed E-state index contributed by atoms with van der Waals surface area (Å²) in [7, 11) is 0. The number of carbonyl (C=O) groups is 1. The number of nitrogens with two attached hydrogens (primary N) is 2. The van der Waals surface area contributed by atoms with Gasteiger partial charge in [-0.1, -0.05) is 12.8 Å². The average Bonchev–Trinajstić information content (AvgIpc) is 2.71. The number of nitrogens with one attached hydrogen (secondary N) is 2. The fourth-order valence-corrected chi connectivity index (χ4v) is 3.59. The van der Waals surface area contributed by atoms with Crippen molar-refractivity contribution >= 4 is 34.1 Å². The lowest BCUT2D eigenvalue weighted by Gasteiger charge is -2.30. The highest BCUT2D eigenvalue weighted by Gasteiger charge is 2.24. The number of hydrogen-bond donors (Lipinski definition) is 4. The first-order valence-corrected chi connectivity index (χ1v) is 9.50. The van der Waals surface area contributed by atoms with Crippen LogP contribution in [0.5, 0.6) is 0 Å². The smallest absolute Gasteiger partial charge is 0.252 e. The number of rotatable bonds is 5. The van der Waals surface area contributed by atoms with E-state index < -0.39 is 11.7 Å². The highest BCUT2D eigenvalue weighted by molar-refractivity contribution is 5.99. The minimum absolute atomic E-state index is 0.0367. The summed E-state index contributed by atoms with van der Waals surface area (Å²) in [6.45, 7) is 0. The van der Waals surface area contributed by atoms with Crippen LogP contribution in [0.4, 0.5) is 21.7 Å². The van der Waals surface area contributed by atoms with Crippen molar-refractivity contribution in [2.75, 3.05) is 10.6 Å². The number of primary amides is 1. The van der Waals surface area contributed by atoms with Gasteiger partial charge in [0.1, 0.15) is 12.1 Å². The molecule has 29 heavy (non-hydrogen) atoms. The highest BCUT2D eigenvalue weighted by Crippen LogP contribution is 2.27. The highest BCUT2D eigenvalue weighted by atomic mass is 19.1. The molecule has 0 spiro atoms. The molecule has 1 saturated carbocycles. The lowest BCUT2D eigenvalue weighted by Crippen LogP contribution is -2.43. The summed E-state index contributed by atoms with van der Waals surface area (Å²) >= 11 is 0. The summed E-state index contributed by atoms with van der Waals surface area (Å²) in [6, 6.07) is 6.37. The third kappa shape index (κ3) is 4.09. The molecule has 1 unspecified atom stereocenters. The van der Waals surface area contributed by atoms with E-state index in [0.717, 1.165) is 42.7 Å². The standard InChI is InChI=1S/C20H22FN7O/c21-14-8-13(18(23)29)19(28-20(14)27-17-4-2-1-3-15(17)22)26-12-5-6-16-11(7-12)9-24-10-25-16/h5-10,15,17H,1-4,22H2,(H2,23,29)(H2,26,27,28)/t15-,17?/m0/s1. The molecule has 150 valence electrons. The van der Waals surface area contributed by atoms with Crippen LogP contribution < -0.4 is 22.1 Å². The molecule has 1 aromatic carbocycles. The van der Waals surface area contributed by atoms with Crippen LogP contribution in [0.15, 0.2) is 36.8 Å². The van der Waals surface area contributed by atoms with E-state index in [4.69, 9.17) is 11.5 Å². The summed E-state index contributed by atoms with van der Waals surface area (Å²) in [5.74, 6) is -1.20. The van der Waals surface area contributed by atoms with Crippen LogP contribution in [0, 0.1) is 5.82 Å². The largest absolute Gasteiger partial charge is 0.365 e. The van der Waals surface area contributed by atoms with Crippen molar-refractivity contribution in [3.8, 4) is 0 Å². The Morgan fingerprint density at radius 1 is 1.17 bits per heavy atom. The average molecular weight is 395 g/mol. The lowest BCUT2D eigenvalue weighted by molar-refractivity contribution is 0.100. The Hall–Kier alpha value is -3.33. The van der Waals surface area contributed by atoms with Crippen LogP contribution in [-0.4, -0.2) is 32.9 Å². The van der Waals surface area contributed by atoms with Gasteiger partial charge in [-0.15, -0.1) is 0 Å². The number of benzene rings is 1. The van der Waals surface area contributed by atoms with Gasteiger partial charge in [0.15, 0.2) is 11.6 Å². The van der Waals surface area contributed by atoms with E-state index in [1.54, 1.807) is 12.3 Å². The Balaban J connectivity index is 1.67. The minimum Gasteiger partial charge on any atom is -0.365 e. The molecular weight excluding hydrogens is 373 g/mol. The molecule has 6 N–H and O–H groups in total. The first-order chi connectivity index (χ1) is 14.0. The zero-order chi connectivity index (χ0) is 20.4. The second-order valence-corrected chi connectivity index (χ2v) is 7.20. The molecule has 4 rings (SSSR count). The SMILES string of the molecule is NC(=O)c1cc(F)c(NC2CCCC[C@@H]2N)nc1Nc1ccc2ncncc2c1. The van der Waals surface area contributed by atoms with E-state index in [9.17, 15) is 9.18 Å². The molecule has 2 aromatic heterocycles. The summed E-state index contributed by atoms with van der Waals surface area (Å²) < 4.78 is 14.6. The predicted octanol–water partition coefficient (Wildman–Crippen LogP) is 2.69. The van der Waals surface area contributed by atoms with Crippen LogP contribution in [0.1, 0.15) is 36.0 Å². The monoisotopic (exact) mass is 395 g/mol. The molecule has 1 amide bonds. The van der Waals surface area contributed by atoms with Crippen LogP contribution in [0.3, 0.4) is 0 Å². The molecule has 9 heteroatoms. The van der Waals surface area contributed by atoms with E-state index in [1.165, 1.54) is 6.33 Å². The summed E-state index contributed by atoms with van der Waals surface area (Å²) in [5.41, 5.74) is 13.0. The zero-order valence-electron chi connectivity index (χ0n) is 15.7. The Morgan fingerprint density at radius 3 is 2.79 bits per heavy atom. The van der Waals surface area contributed by atoms with Crippen molar-refractivity contribution in [1.82, 2.24) is 15.0 Å². The van der Waals surface area contributed by atoms with Crippen molar-refractivity contribution < 1.29 is 9.18 Å². The molecule has 1 fully saturated rings. The molecule has 0 radical (unpaired) electrons. The maximum absolute atomic E-state index is 14.6. The number of hydrogen-bond acceptors (Lipinski definition) is 7. The normalized spacial score (nSPS) is 19.1. The van der Waals surface area contributed by atoms with Gasteiger partial charge in [-0.05, 0) is 37.1 Å². The summed E-state index contributed by atoms with van der Waals surface area (Å²) in [6.07, 6.45) is 6.95. The molecule has 2 atom stereocenters. The number of anilines is 3. The van der Waals surface area contributed by atoms with Gasteiger partial charge in [-0.2, -0.15) is 0 Å². The zero-order valence-corrected chi connectivity index (χ0v) is 15.7. The number of carbonyl (C=O) groups excluding carboxylic acids is 1.